The van der Waals surface area contributed by atoms with Crippen LogP contribution >= 0.6 is 0 Å². The fraction of sp³-hybridized carbons (Fsp3) is 0.625. The minimum absolute atomic E-state index is 0.0382. The number of aryl methyl sites for hydroxylation is 1. The second-order valence-corrected chi connectivity index (χ2v) is 5.68. The van der Waals surface area contributed by atoms with E-state index < -0.39 is 0 Å². The lowest BCUT2D eigenvalue weighted by Crippen LogP contribution is -2.30. The molecule has 1 saturated carbocycles. The van der Waals surface area contributed by atoms with Gasteiger partial charge in [0.25, 0.3) is 0 Å². The summed E-state index contributed by atoms with van der Waals surface area (Å²) < 4.78 is 6.02. The van der Waals surface area contributed by atoms with Crippen LogP contribution in [0.15, 0.2) is 18.2 Å². The van der Waals surface area contributed by atoms with Crippen molar-refractivity contribution in [3.8, 4) is 5.75 Å². The van der Waals surface area contributed by atoms with Crippen LogP contribution in [0.3, 0.4) is 0 Å². The van der Waals surface area contributed by atoms with Gasteiger partial charge >= 0.3 is 0 Å². The van der Waals surface area contributed by atoms with E-state index in [0.29, 0.717) is 0 Å². The molecule has 1 aliphatic rings. The highest BCUT2D eigenvalue weighted by Gasteiger charge is 2.23. The maximum Gasteiger partial charge on any atom is 0.124 e. The van der Waals surface area contributed by atoms with Crippen molar-refractivity contribution in [3.05, 3.63) is 29.3 Å². The van der Waals surface area contributed by atoms with E-state index >= 15 is 0 Å². The van der Waals surface area contributed by atoms with Crippen LogP contribution in [-0.4, -0.2) is 17.3 Å². The number of nitrogens with two attached hydrogens (primary N) is 1. The Bertz CT molecular complexity index is 417. The molecule has 1 aliphatic carbocycles. The van der Waals surface area contributed by atoms with Crippen molar-refractivity contribution in [2.75, 3.05) is 0 Å². The van der Waals surface area contributed by atoms with Gasteiger partial charge in [0.2, 0.25) is 0 Å². The summed E-state index contributed by atoms with van der Waals surface area (Å²) in [4.78, 5) is 0. The van der Waals surface area contributed by atoms with Crippen LogP contribution in [-0.2, 0) is 0 Å². The van der Waals surface area contributed by atoms with E-state index in [0.717, 1.165) is 42.6 Å². The average Bonchev–Trinajstić information content (AvgIpc) is 2.57. The van der Waals surface area contributed by atoms with E-state index in [1.807, 2.05) is 26.0 Å². The van der Waals surface area contributed by atoms with Gasteiger partial charge in [-0.1, -0.05) is 25.0 Å². The largest absolute Gasteiger partial charge is 0.487 e. The van der Waals surface area contributed by atoms with Gasteiger partial charge in [-0.2, -0.15) is 0 Å². The third kappa shape index (κ3) is 3.71. The maximum absolute atomic E-state index is 10.1. The van der Waals surface area contributed by atoms with E-state index in [9.17, 15) is 5.11 Å². The summed E-state index contributed by atoms with van der Waals surface area (Å²) in [6.45, 7) is 4.01. The van der Waals surface area contributed by atoms with Gasteiger partial charge in [0.05, 0.1) is 6.10 Å². The molecule has 3 atom stereocenters. The van der Waals surface area contributed by atoms with Crippen molar-refractivity contribution >= 4 is 0 Å². The summed E-state index contributed by atoms with van der Waals surface area (Å²) in [5, 5.41) is 10.1. The van der Waals surface area contributed by atoms with Gasteiger partial charge in [-0.25, -0.2) is 0 Å². The minimum atomic E-state index is -0.338. The van der Waals surface area contributed by atoms with Crippen LogP contribution in [0.4, 0.5) is 0 Å². The molecular formula is C16H25NO2. The smallest absolute Gasteiger partial charge is 0.124 e. The Labute approximate surface area is 115 Å². The van der Waals surface area contributed by atoms with Crippen molar-refractivity contribution in [2.45, 2.75) is 64.2 Å². The second-order valence-electron chi connectivity index (χ2n) is 5.68. The summed E-state index contributed by atoms with van der Waals surface area (Å²) in [5.41, 5.74) is 8.08. The zero-order valence-electron chi connectivity index (χ0n) is 11.9. The van der Waals surface area contributed by atoms with Crippen LogP contribution < -0.4 is 10.5 Å². The Morgan fingerprint density at radius 2 is 2.00 bits per heavy atom. The molecule has 19 heavy (non-hydrogen) atoms. The molecule has 106 valence electrons. The number of aliphatic hydroxyl groups is 1. The molecule has 1 fully saturated rings. The van der Waals surface area contributed by atoms with Crippen LogP contribution in [0.5, 0.6) is 5.75 Å². The molecule has 0 spiro atoms. The van der Waals surface area contributed by atoms with Gasteiger partial charge < -0.3 is 15.6 Å². The summed E-state index contributed by atoms with van der Waals surface area (Å²) in [6.07, 6.45) is 4.82. The quantitative estimate of drug-likeness (QED) is 0.824. The van der Waals surface area contributed by atoms with Crippen LogP contribution in [0.2, 0.25) is 0 Å². The summed E-state index contributed by atoms with van der Waals surface area (Å²) in [6, 6.07) is 6.10. The van der Waals surface area contributed by atoms with E-state index in [1.165, 1.54) is 6.42 Å². The maximum atomic E-state index is 10.1. The first kappa shape index (κ1) is 14.4. The predicted molar refractivity (Wildman–Crippen MR) is 77.3 cm³/mol. The third-order valence-corrected chi connectivity index (χ3v) is 3.92. The van der Waals surface area contributed by atoms with Gasteiger partial charge in [-0.05, 0) is 50.3 Å². The Morgan fingerprint density at radius 3 is 2.68 bits per heavy atom. The third-order valence-electron chi connectivity index (χ3n) is 3.92. The van der Waals surface area contributed by atoms with Gasteiger partial charge in [0.1, 0.15) is 11.9 Å². The number of rotatable bonds is 3. The van der Waals surface area contributed by atoms with Crippen LogP contribution in [0.1, 0.15) is 56.2 Å². The normalized spacial score (nSPS) is 25.7. The molecular weight excluding hydrogens is 238 g/mol. The minimum Gasteiger partial charge on any atom is -0.487 e. The molecule has 0 heterocycles. The number of hydrogen-bond donors (Lipinski definition) is 2. The van der Waals surface area contributed by atoms with Gasteiger partial charge in [-0.3, -0.25) is 0 Å². The number of benzene rings is 1. The molecule has 0 aliphatic heterocycles. The predicted octanol–water partition coefficient (Wildman–Crippen LogP) is 3.09. The fourth-order valence-electron chi connectivity index (χ4n) is 2.64. The lowest BCUT2D eigenvalue weighted by molar-refractivity contribution is 0.0316. The molecule has 2 rings (SSSR count). The van der Waals surface area contributed by atoms with E-state index in [2.05, 4.69) is 6.07 Å². The Kier molecular flexibility index (Phi) is 4.83. The van der Waals surface area contributed by atoms with Crippen molar-refractivity contribution < 1.29 is 9.84 Å². The number of ether oxygens (including phenoxy) is 1. The first-order valence-electron chi connectivity index (χ1n) is 7.29. The SMILES string of the molecule is Cc1cc(C(C)N)ccc1OC1CCCCCC1O. The fourth-order valence-corrected chi connectivity index (χ4v) is 2.64. The molecule has 3 nitrogen and oxygen atoms in total. The molecule has 3 N–H and O–H groups in total. The number of hydrogen-bond acceptors (Lipinski definition) is 3. The number of aliphatic hydroxyl groups excluding tert-OH is 1. The summed E-state index contributed by atoms with van der Waals surface area (Å²) in [7, 11) is 0. The average molecular weight is 263 g/mol. The van der Waals surface area contributed by atoms with E-state index in [1.54, 1.807) is 0 Å². The lowest BCUT2D eigenvalue weighted by Gasteiger charge is -2.23. The van der Waals surface area contributed by atoms with Crippen molar-refractivity contribution in [1.29, 1.82) is 0 Å². The summed E-state index contributed by atoms with van der Waals surface area (Å²) in [5.74, 6) is 0.871. The Balaban J connectivity index is 2.09. The first-order valence-corrected chi connectivity index (χ1v) is 7.29. The monoisotopic (exact) mass is 263 g/mol. The highest BCUT2D eigenvalue weighted by Crippen LogP contribution is 2.27. The second kappa shape index (κ2) is 6.40. The Morgan fingerprint density at radius 1 is 1.26 bits per heavy atom. The highest BCUT2D eigenvalue weighted by molar-refractivity contribution is 5.37. The molecule has 0 saturated heterocycles. The van der Waals surface area contributed by atoms with Crippen molar-refractivity contribution in [3.63, 3.8) is 0 Å². The first-order chi connectivity index (χ1) is 9.08. The van der Waals surface area contributed by atoms with Crippen LogP contribution in [0, 0.1) is 6.92 Å². The van der Waals surface area contributed by atoms with E-state index in [-0.39, 0.29) is 18.2 Å². The van der Waals surface area contributed by atoms with Gasteiger partial charge in [0.15, 0.2) is 0 Å². The topological polar surface area (TPSA) is 55.5 Å². The molecule has 1 aromatic carbocycles. The van der Waals surface area contributed by atoms with Crippen molar-refractivity contribution in [1.82, 2.24) is 0 Å². The molecule has 1 aromatic rings. The van der Waals surface area contributed by atoms with Gasteiger partial charge in [-0.15, -0.1) is 0 Å². The molecule has 0 radical (unpaired) electrons. The summed E-state index contributed by atoms with van der Waals surface area (Å²) >= 11 is 0. The standard InChI is InChI=1S/C16H25NO2/c1-11-10-13(12(2)17)8-9-15(11)19-16-7-5-3-4-6-14(16)18/h8-10,12,14,16,18H,3-7,17H2,1-2H3. The zero-order valence-corrected chi connectivity index (χ0v) is 11.9. The highest BCUT2D eigenvalue weighted by atomic mass is 16.5. The molecule has 0 aromatic heterocycles. The van der Waals surface area contributed by atoms with E-state index in [4.69, 9.17) is 10.5 Å². The molecule has 0 amide bonds. The Hall–Kier alpha value is -1.06. The van der Waals surface area contributed by atoms with Crippen molar-refractivity contribution in [2.24, 2.45) is 5.73 Å². The molecule has 3 heteroatoms. The van der Waals surface area contributed by atoms with Gasteiger partial charge in [0, 0.05) is 6.04 Å². The lowest BCUT2D eigenvalue weighted by atomic mass is 10.0. The molecule has 3 unspecified atom stereocenters. The molecule has 0 bridgehead atoms. The van der Waals surface area contributed by atoms with Crippen LogP contribution in [0.25, 0.3) is 0 Å². The zero-order chi connectivity index (χ0) is 13.8.